The van der Waals surface area contributed by atoms with Crippen molar-refractivity contribution in [1.29, 1.82) is 0 Å². The highest BCUT2D eigenvalue weighted by Gasteiger charge is 2.28. The number of nitrogens with one attached hydrogen (secondary N) is 2. The number of benzene rings is 1. The van der Waals surface area contributed by atoms with Gasteiger partial charge in [0.15, 0.2) is 5.82 Å². The second-order valence-electron chi connectivity index (χ2n) is 8.45. The van der Waals surface area contributed by atoms with Crippen LogP contribution in [0.25, 0.3) is 22.4 Å². The first-order valence-electron chi connectivity index (χ1n) is 11.2. The number of likely N-dealkylation sites (N-methyl/N-ethyl adjacent to an activating group) is 1. The molecule has 11 nitrogen and oxygen atoms in total. The molecule has 2 N–H and O–H groups in total. The van der Waals surface area contributed by atoms with Crippen LogP contribution in [0.2, 0.25) is 0 Å². The van der Waals surface area contributed by atoms with Gasteiger partial charge in [0.1, 0.15) is 22.6 Å². The zero-order valence-electron chi connectivity index (χ0n) is 20.1. The number of carbonyl (C=O) groups excluding carboxylic acids is 2. The molecule has 0 atom stereocenters. The van der Waals surface area contributed by atoms with Crippen molar-refractivity contribution >= 4 is 28.4 Å². The Morgan fingerprint density at radius 2 is 1.91 bits per heavy atom. The third kappa shape index (κ3) is 4.88. The molecule has 4 rings (SSSR count). The van der Waals surface area contributed by atoms with Gasteiger partial charge in [-0.3, -0.25) is 19.4 Å². The Hall–Kier alpha value is -4.15. The number of hydrogen-bond donors (Lipinski definition) is 2. The van der Waals surface area contributed by atoms with Crippen LogP contribution < -0.4 is 20.3 Å². The van der Waals surface area contributed by atoms with Gasteiger partial charge < -0.3 is 29.6 Å². The molecule has 1 saturated heterocycles. The number of carbonyl (C=O) groups is 2. The van der Waals surface area contributed by atoms with Gasteiger partial charge in [0, 0.05) is 51.6 Å². The monoisotopic (exact) mass is 480 g/mol. The van der Waals surface area contributed by atoms with Gasteiger partial charge in [0.25, 0.3) is 5.56 Å². The van der Waals surface area contributed by atoms with Crippen LogP contribution in [0.4, 0.5) is 5.69 Å². The van der Waals surface area contributed by atoms with Crippen LogP contribution in [0.15, 0.2) is 35.3 Å². The molecule has 0 bridgehead atoms. The number of rotatable bonds is 5. The van der Waals surface area contributed by atoms with E-state index in [1.807, 2.05) is 6.07 Å². The summed E-state index contributed by atoms with van der Waals surface area (Å²) in [5.74, 6) is 0.190. The first-order valence-corrected chi connectivity index (χ1v) is 11.2. The predicted molar refractivity (Wildman–Crippen MR) is 131 cm³/mol. The van der Waals surface area contributed by atoms with Gasteiger partial charge in [0.2, 0.25) is 0 Å². The molecule has 35 heavy (non-hydrogen) atoms. The number of anilines is 1. The minimum absolute atomic E-state index is 0.0591. The highest BCUT2D eigenvalue weighted by Crippen LogP contribution is 2.30. The maximum absolute atomic E-state index is 12.9. The number of fused-ring (bicyclic) bond motifs is 1. The average Bonchev–Trinajstić information content (AvgIpc) is 2.87. The quantitative estimate of drug-likeness (QED) is 0.526. The average molecular weight is 481 g/mol. The number of amides is 2. The normalized spacial score (nSPS) is 14.0. The van der Waals surface area contributed by atoms with E-state index in [1.54, 1.807) is 43.4 Å². The van der Waals surface area contributed by atoms with Crippen LogP contribution in [-0.2, 0) is 9.59 Å². The number of piperidine rings is 1. The summed E-state index contributed by atoms with van der Waals surface area (Å²) in [6, 6.07) is 7.03. The predicted octanol–water partition coefficient (Wildman–Crippen LogP) is 1.49. The number of pyridine rings is 1. The fraction of sp³-hybridized carbons (Fsp3) is 0.375. The van der Waals surface area contributed by atoms with Gasteiger partial charge in [-0.05, 0) is 25.0 Å². The molecule has 11 heteroatoms. The number of likely N-dealkylation sites (tertiary alicyclic amines) is 1. The summed E-state index contributed by atoms with van der Waals surface area (Å²) in [5.41, 5.74) is 1.28. The highest BCUT2D eigenvalue weighted by molar-refractivity contribution is 6.34. The van der Waals surface area contributed by atoms with E-state index in [0.717, 1.165) is 0 Å². The third-order valence-electron chi connectivity index (χ3n) is 5.96. The lowest BCUT2D eigenvalue weighted by Gasteiger charge is -2.33. The van der Waals surface area contributed by atoms with Gasteiger partial charge in [-0.25, -0.2) is 4.98 Å². The SMILES string of the molecule is COc1cc(OC)c2c(=O)[nH]c(-c3ncccc3NC3CCN(C(=O)C(=O)N(C)C)CC3)nc2c1. The zero-order valence-corrected chi connectivity index (χ0v) is 20.1. The van der Waals surface area contributed by atoms with Crippen molar-refractivity contribution in [2.45, 2.75) is 18.9 Å². The third-order valence-corrected chi connectivity index (χ3v) is 5.96. The largest absolute Gasteiger partial charge is 0.497 e. The summed E-state index contributed by atoms with van der Waals surface area (Å²) >= 11 is 0. The lowest BCUT2D eigenvalue weighted by atomic mass is 10.0. The van der Waals surface area contributed by atoms with E-state index in [1.165, 1.54) is 19.1 Å². The van der Waals surface area contributed by atoms with Crippen LogP contribution in [0.5, 0.6) is 11.5 Å². The molecule has 2 aromatic heterocycles. The van der Waals surface area contributed by atoms with Gasteiger partial charge in [-0.1, -0.05) is 0 Å². The number of H-pyrrole nitrogens is 1. The van der Waals surface area contributed by atoms with Crippen LogP contribution >= 0.6 is 0 Å². The summed E-state index contributed by atoms with van der Waals surface area (Å²) in [5, 5.41) is 3.79. The lowest BCUT2D eigenvalue weighted by molar-refractivity contribution is -0.150. The summed E-state index contributed by atoms with van der Waals surface area (Å²) in [6.45, 7) is 0.937. The van der Waals surface area contributed by atoms with E-state index < -0.39 is 11.8 Å². The van der Waals surface area contributed by atoms with Crippen molar-refractivity contribution in [3.8, 4) is 23.0 Å². The van der Waals surface area contributed by atoms with Crippen molar-refractivity contribution in [2.75, 3.05) is 46.7 Å². The molecule has 0 unspecified atom stereocenters. The summed E-state index contributed by atoms with van der Waals surface area (Å²) in [7, 11) is 6.15. The smallest absolute Gasteiger partial charge is 0.312 e. The Morgan fingerprint density at radius 3 is 2.57 bits per heavy atom. The van der Waals surface area contributed by atoms with Crippen molar-refractivity contribution in [3.63, 3.8) is 0 Å². The number of hydrogen-bond acceptors (Lipinski definition) is 8. The molecule has 3 heterocycles. The molecule has 184 valence electrons. The highest BCUT2D eigenvalue weighted by atomic mass is 16.5. The maximum atomic E-state index is 12.9. The van der Waals surface area contributed by atoms with E-state index in [9.17, 15) is 14.4 Å². The number of ether oxygens (including phenoxy) is 2. The Labute approximate surface area is 202 Å². The number of aromatic amines is 1. The van der Waals surface area contributed by atoms with Crippen molar-refractivity contribution in [2.24, 2.45) is 0 Å². The van der Waals surface area contributed by atoms with Crippen molar-refractivity contribution in [3.05, 3.63) is 40.8 Å². The van der Waals surface area contributed by atoms with Gasteiger partial charge >= 0.3 is 11.8 Å². The molecule has 0 saturated carbocycles. The minimum atomic E-state index is -0.523. The maximum Gasteiger partial charge on any atom is 0.312 e. The van der Waals surface area contributed by atoms with E-state index >= 15 is 0 Å². The zero-order chi connectivity index (χ0) is 25.1. The molecule has 0 aliphatic carbocycles. The Bertz CT molecular complexity index is 1310. The summed E-state index contributed by atoms with van der Waals surface area (Å²) < 4.78 is 10.7. The topological polar surface area (TPSA) is 130 Å². The van der Waals surface area contributed by atoms with Gasteiger partial charge in [-0.15, -0.1) is 0 Å². The molecule has 1 aliphatic heterocycles. The molecule has 1 aliphatic rings. The van der Waals surface area contributed by atoms with Crippen LogP contribution in [-0.4, -0.2) is 84.0 Å². The molecular formula is C24H28N6O5. The molecule has 1 fully saturated rings. The van der Waals surface area contributed by atoms with Crippen LogP contribution in [0.3, 0.4) is 0 Å². The van der Waals surface area contributed by atoms with E-state index in [-0.39, 0.29) is 11.6 Å². The fourth-order valence-corrected chi connectivity index (χ4v) is 4.09. The lowest BCUT2D eigenvalue weighted by Crippen LogP contribution is -2.48. The summed E-state index contributed by atoms with van der Waals surface area (Å²) in [4.78, 5) is 52.0. The molecule has 0 spiro atoms. The Balaban J connectivity index is 1.58. The molecule has 0 radical (unpaired) electrons. The first kappa shape index (κ1) is 24.0. The van der Waals surface area contributed by atoms with Gasteiger partial charge in [0.05, 0.1) is 25.4 Å². The van der Waals surface area contributed by atoms with Crippen molar-refractivity contribution < 1.29 is 19.1 Å². The number of nitrogens with zero attached hydrogens (tertiary/aromatic N) is 4. The minimum Gasteiger partial charge on any atom is -0.497 e. The fourth-order valence-electron chi connectivity index (χ4n) is 4.09. The Morgan fingerprint density at radius 1 is 1.17 bits per heavy atom. The standard InChI is InChI=1S/C24H28N6O5/c1-29(2)23(32)24(33)30-10-7-14(8-11-30)26-16-6-5-9-25-20(16)21-27-17-12-15(34-3)13-18(35-4)19(17)22(31)28-21/h5-6,9,12-14,26H,7-8,10-11H2,1-4H3,(H,27,28,31). The van der Waals surface area contributed by atoms with E-state index in [2.05, 4.69) is 20.3 Å². The first-order chi connectivity index (χ1) is 16.8. The number of aromatic nitrogens is 3. The molecule has 2 amide bonds. The van der Waals surface area contributed by atoms with E-state index in [4.69, 9.17) is 9.47 Å². The second-order valence-corrected chi connectivity index (χ2v) is 8.45. The van der Waals surface area contributed by atoms with Crippen LogP contribution in [0, 0.1) is 0 Å². The number of methoxy groups -OCH3 is 2. The van der Waals surface area contributed by atoms with Gasteiger partial charge in [-0.2, -0.15) is 0 Å². The summed E-state index contributed by atoms with van der Waals surface area (Å²) in [6.07, 6.45) is 2.96. The van der Waals surface area contributed by atoms with Crippen LogP contribution in [0.1, 0.15) is 12.8 Å². The molecule has 1 aromatic carbocycles. The molecule has 3 aromatic rings. The van der Waals surface area contributed by atoms with E-state index in [0.29, 0.717) is 65.5 Å². The Kier molecular flexibility index (Phi) is 6.85. The molecular weight excluding hydrogens is 452 g/mol. The second kappa shape index (κ2) is 10.00. The van der Waals surface area contributed by atoms with Crippen molar-refractivity contribution in [1.82, 2.24) is 24.8 Å².